The standard InChI is InChI=1S/C16H13N3O2/c1-10-13(7-4-8-17-10)18-15-12-6-3-2-5-11(12)9-14(19-15)16(20)21/h2-9H,1H3,(H,18,19)(H,20,21). The van der Waals surface area contributed by atoms with Crippen molar-refractivity contribution in [1.82, 2.24) is 9.97 Å². The quantitative estimate of drug-likeness (QED) is 0.768. The predicted molar refractivity (Wildman–Crippen MR) is 81.0 cm³/mol. The Morgan fingerprint density at radius 3 is 2.76 bits per heavy atom. The molecule has 1 aromatic carbocycles. The fraction of sp³-hybridized carbons (Fsp3) is 0.0625. The van der Waals surface area contributed by atoms with Crippen LogP contribution in [-0.2, 0) is 0 Å². The SMILES string of the molecule is Cc1ncccc1Nc1nc(C(=O)O)cc2ccccc12. The molecule has 0 aliphatic heterocycles. The number of nitrogens with zero attached hydrogens (tertiary/aromatic N) is 2. The number of aromatic carboxylic acids is 1. The first-order chi connectivity index (χ1) is 10.1. The maximum Gasteiger partial charge on any atom is 0.354 e. The highest BCUT2D eigenvalue weighted by molar-refractivity contribution is 5.98. The zero-order chi connectivity index (χ0) is 14.8. The van der Waals surface area contributed by atoms with Gasteiger partial charge in [0.2, 0.25) is 0 Å². The molecule has 2 heterocycles. The van der Waals surface area contributed by atoms with Crippen LogP contribution in [0.15, 0.2) is 48.7 Å². The number of pyridine rings is 2. The fourth-order valence-corrected chi connectivity index (χ4v) is 2.15. The topological polar surface area (TPSA) is 75.1 Å². The molecule has 5 heteroatoms. The van der Waals surface area contributed by atoms with Gasteiger partial charge in [0, 0.05) is 11.6 Å². The maximum absolute atomic E-state index is 11.2. The number of nitrogens with one attached hydrogen (secondary N) is 1. The molecule has 0 radical (unpaired) electrons. The molecule has 0 bridgehead atoms. The van der Waals surface area contributed by atoms with E-state index in [4.69, 9.17) is 0 Å². The summed E-state index contributed by atoms with van der Waals surface area (Å²) in [5, 5.41) is 14.1. The summed E-state index contributed by atoms with van der Waals surface area (Å²) in [6.07, 6.45) is 1.71. The van der Waals surface area contributed by atoms with E-state index in [9.17, 15) is 9.90 Å². The van der Waals surface area contributed by atoms with Crippen LogP contribution >= 0.6 is 0 Å². The Morgan fingerprint density at radius 2 is 2.00 bits per heavy atom. The minimum Gasteiger partial charge on any atom is -0.477 e. The predicted octanol–water partition coefficient (Wildman–Crippen LogP) is 3.38. The minimum atomic E-state index is -1.05. The molecule has 0 aliphatic rings. The molecule has 3 rings (SSSR count). The van der Waals surface area contributed by atoms with Gasteiger partial charge in [-0.25, -0.2) is 9.78 Å². The highest BCUT2D eigenvalue weighted by Crippen LogP contribution is 2.26. The van der Waals surface area contributed by atoms with Gasteiger partial charge in [-0.1, -0.05) is 24.3 Å². The summed E-state index contributed by atoms with van der Waals surface area (Å²) in [7, 11) is 0. The number of benzene rings is 1. The van der Waals surface area contributed by atoms with Crippen LogP contribution in [0.3, 0.4) is 0 Å². The van der Waals surface area contributed by atoms with Crippen LogP contribution in [0.5, 0.6) is 0 Å². The summed E-state index contributed by atoms with van der Waals surface area (Å²) >= 11 is 0. The van der Waals surface area contributed by atoms with Gasteiger partial charge in [-0.05, 0) is 30.5 Å². The number of rotatable bonds is 3. The second-order valence-electron chi connectivity index (χ2n) is 4.64. The van der Waals surface area contributed by atoms with Crippen molar-refractivity contribution in [1.29, 1.82) is 0 Å². The Balaban J connectivity index is 2.16. The van der Waals surface area contributed by atoms with Gasteiger partial charge in [0.1, 0.15) is 5.82 Å². The highest BCUT2D eigenvalue weighted by atomic mass is 16.4. The van der Waals surface area contributed by atoms with E-state index < -0.39 is 5.97 Å². The monoisotopic (exact) mass is 279 g/mol. The first kappa shape index (κ1) is 13.1. The molecule has 0 amide bonds. The number of carboxylic acid groups (broad SMARTS) is 1. The largest absolute Gasteiger partial charge is 0.477 e. The zero-order valence-electron chi connectivity index (χ0n) is 11.4. The lowest BCUT2D eigenvalue weighted by molar-refractivity contribution is 0.0691. The lowest BCUT2D eigenvalue weighted by Crippen LogP contribution is -2.04. The van der Waals surface area contributed by atoms with Crippen molar-refractivity contribution in [2.24, 2.45) is 0 Å². The van der Waals surface area contributed by atoms with Crippen molar-refractivity contribution >= 4 is 28.2 Å². The molecule has 5 nitrogen and oxygen atoms in total. The van der Waals surface area contributed by atoms with E-state index in [2.05, 4.69) is 15.3 Å². The molecule has 0 fully saturated rings. The van der Waals surface area contributed by atoms with Gasteiger partial charge in [-0.3, -0.25) is 4.98 Å². The number of hydrogen-bond donors (Lipinski definition) is 2. The van der Waals surface area contributed by atoms with Crippen LogP contribution in [0.1, 0.15) is 16.2 Å². The van der Waals surface area contributed by atoms with Crippen LogP contribution in [-0.4, -0.2) is 21.0 Å². The molecule has 21 heavy (non-hydrogen) atoms. The minimum absolute atomic E-state index is 0.0118. The molecular weight excluding hydrogens is 266 g/mol. The van der Waals surface area contributed by atoms with E-state index in [1.54, 1.807) is 12.3 Å². The molecular formula is C16H13N3O2. The molecule has 0 saturated heterocycles. The van der Waals surface area contributed by atoms with Gasteiger partial charge < -0.3 is 10.4 Å². The summed E-state index contributed by atoms with van der Waals surface area (Å²) < 4.78 is 0. The molecule has 3 aromatic rings. The highest BCUT2D eigenvalue weighted by Gasteiger charge is 2.11. The average Bonchev–Trinajstić information content (AvgIpc) is 2.49. The number of carboxylic acids is 1. The fourth-order valence-electron chi connectivity index (χ4n) is 2.15. The van der Waals surface area contributed by atoms with Crippen LogP contribution < -0.4 is 5.32 Å². The maximum atomic E-state index is 11.2. The summed E-state index contributed by atoms with van der Waals surface area (Å²) in [5.74, 6) is -0.534. The molecule has 0 aliphatic carbocycles. The Labute approximate surface area is 121 Å². The first-order valence-corrected chi connectivity index (χ1v) is 6.47. The van der Waals surface area contributed by atoms with E-state index in [1.807, 2.05) is 43.3 Å². The van der Waals surface area contributed by atoms with Gasteiger partial charge in [0.25, 0.3) is 0 Å². The lowest BCUT2D eigenvalue weighted by Gasteiger charge is -2.11. The third-order valence-corrected chi connectivity index (χ3v) is 3.22. The summed E-state index contributed by atoms with van der Waals surface area (Å²) in [4.78, 5) is 19.6. The van der Waals surface area contributed by atoms with Gasteiger partial charge in [-0.2, -0.15) is 0 Å². The zero-order valence-corrected chi connectivity index (χ0v) is 11.4. The van der Waals surface area contributed by atoms with E-state index >= 15 is 0 Å². The smallest absolute Gasteiger partial charge is 0.354 e. The Morgan fingerprint density at radius 1 is 1.19 bits per heavy atom. The third-order valence-electron chi connectivity index (χ3n) is 3.22. The molecule has 0 unspecified atom stereocenters. The van der Waals surface area contributed by atoms with Crippen molar-refractivity contribution in [2.75, 3.05) is 5.32 Å². The van der Waals surface area contributed by atoms with E-state index in [-0.39, 0.29) is 5.69 Å². The van der Waals surface area contributed by atoms with Crippen molar-refractivity contribution in [3.8, 4) is 0 Å². The molecule has 0 atom stereocenters. The van der Waals surface area contributed by atoms with Gasteiger partial charge in [0.15, 0.2) is 5.69 Å². The second kappa shape index (κ2) is 5.20. The van der Waals surface area contributed by atoms with Gasteiger partial charge >= 0.3 is 5.97 Å². The van der Waals surface area contributed by atoms with Gasteiger partial charge in [-0.15, -0.1) is 0 Å². The van der Waals surface area contributed by atoms with E-state index in [1.165, 1.54) is 0 Å². The number of hydrogen-bond acceptors (Lipinski definition) is 4. The van der Waals surface area contributed by atoms with E-state index in [0.29, 0.717) is 5.82 Å². The number of fused-ring (bicyclic) bond motifs is 1. The molecule has 2 N–H and O–H groups in total. The van der Waals surface area contributed by atoms with Crippen molar-refractivity contribution in [2.45, 2.75) is 6.92 Å². The average molecular weight is 279 g/mol. The summed E-state index contributed by atoms with van der Waals surface area (Å²) in [6.45, 7) is 1.88. The number of carbonyl (C=O) groups is 1. The molecule has 0 spiro atoms. The van der Waals surface area contributed by atoms with Crippen molar-refractivity contribution < 1.29 is 9.90 Å². The Kier molecular flexibility index (Phi) is 3.23. The lowest BCUT2D eigenvalue weighted by atomic mass is 10.1. The Bertz CT molecular complexity index is 831. The van der Waals surface area contributed by atoms with Crippen molar-refractivity contribution in [3.63, 3.8) is 0 Å². The molecule has 2 aromatic heterocycles. The normalized spacial score (nSPS) is 10.5. The van der Waals surface area contributed by atoms with Gasteiger partial charge in [0.05, 0.1) is 11.4 Å². The number of aromatic nitrogens is 2. The van der Waals surface area contributed by atoms with Crippen LogP contribution in [0.2, 0.25) is 0 Å². The Hall–Kier alpha value is -2.95. The summed E-state index contributed by atoms with van der Waals surface area (Å²) in [5.41, 5.74) is 1.64. The molecule has 104 valence electrons. The van der Waals surface area contributed by atoms with Crippen LogP contribution in [0, 0.1) is 6.92 Å². The van der Waals surface area contributed by atoms with Crippen LogP contribution in [0.4, 0.5) is 11.5 Å². The summed E-state index contributed by atoms with van der Waals surface area (Å²) in [6, 6.07) is 12.8. The molecule has 0 saturated carbocycles. The second-order valence-corrected chi connectivity index (χ2v) is 4.64. The number of anilines is 2. The van der Waals surface area contributed by atoms with E-state index in [0.717, 1.165) is 22.2 Å². The third kappa shape index (κ3) is 2.53. The number of aryl methyl sites for hydroxylation is 1. The van der Waals surface area contributed by atoms with Crippen LogP contribution in [0.25, 0.3) is 10.8 Å². The van der Waals surface area contributed by atoms with Crippen molar-refractivity contribution in [3.05, 3.63) is 60.0 Å². The first-order valence-electron chi connectivity index (χ1n) is 6.47.